The molecule has 2 heterocycles. The summed E-state index contributed by atoms with van der Waals surface area (Å²) in [7, 11) is -2.02. The lowest BCUT2D eigenvalue weighted by atomic mass is 9.97. The van der Waals surface area contributed by atoms with Gasteiger partial charge in [-0.05, 0) is 74.2 Å². The van der Waals surface area contributed by atoms with Crippen LogP contribution in [0.1, 0.15) is 36.8 Å². The van der Waals surface area contributed by atoms with Gasteiger partial charge in [-0.25, -0.2) is 8.42 Å². The summed E-state index contributed by atoms with van der Waals surface area (Å²) < 4.78 is 32.4. The molecular weight excluding hydrogens is 438 g/mol. The van der Waals surface area contributed by atoms with E-state index in [0.717, 1.165) is 25.2 Å². The average molecular weight is 472 g/mol. The number of hydrogen-bond acceptors (Lipinski definition) is 5. The second-order valence-electron chi connectivity index (χ2n) is 8.87. The molecule has 2 fully saturated rings. The highest BCUT2D eigenvalue weighted by Crippen LogP contribution is 2.25. The van der Waals surface area contributed by atoms with E-state index in [9.17, 15) is 13.2 Å². The normalized spacial score (nSPS) is 18.3. The van der Waals surface area contributed by atoms with Gasteiger partial charge in [-0.3, -0.25) is 9.69 Å². The van der Waals surface area contributed by atoms with Crippen molar-refractivity contribution in [3.05, 3.63) is 59.7 Å². The van der Waals surface area contributed by atoms with Crippen molar-refractivity contribution in [1.29, 1.82) is 0 Å². The highest BCUT2D eigenvalue weighted by atomic mass is 32.2. The lowest BCUT2D eigenvalue weighted by molar-refractivity contribution is -0.126. The first-order chi connectivity index (χ1) is 16.0. The molecule has 2 aliphatic rings. The number of carbonyl (C=O) groups is 1. The largest absolute Gasteiger partial charge is 0.497 e. The first-order valence-electron chi connectivity index (χ1n) is 11.7. The molecule has 1 N–H and O–H groups in total. The van der Waals surface area contributed by atoms with Crippen molar-refractivity contribution in [2.75, 3.05) is 33.3 Å². The molecule has 0 atom stereocenters. The monoisotopic (exact) mass is 471 g/mol. The van der Waals surface area contributed by atoms with Gasteiger partial charge >= 0.3 is 0 Å². The summed E-state index contributed by atoms with van der Waals surface area (Å²) in [5, 5.41) is 3.05. The second kappa shape index (κ2) is 10.7. The first kappa shape index (κ1) is 23.7. The van der Waals surface area contributed by atoms with Gasteiger partial charge in [-0.15, -0.1) is 0 Å². The smallest absolute Gasteiger partial charge is 0.243 e. The van der Waals surface area contributed by atoms with Crippen LogP contribution >= 0.6 is 0 Å². The number of sulfonamides is 1. The Morgan fingerprint density at radius 1 is 1.00 bits per heavy atom. The quantitative estimate of drug-likeness (QED) is 0.640. The van der Waals surface area contributed by atoms with Crippen LogP contribution in [0, 0.1) is 5.92 Å². The minimum Gasteiger partial charge on any atom is -0.497 e. The van der Waals surface area contributed by atoms with Gasteiger partial charge in [0.15, 0.2) is 0 Å². The van der Waals surface area contributed by atoms with E-state index in [2.05, 4.69) is 28.4 Å². The van der Waals surface area contributed by atoms with Crippen molar-refractivity contribution in [3.8, 4) is 5.75 Å². The molecule has 0 aliphatic carbocycles. The Labute approximate surface area is 196 Å². The fourth-order valence-corrected chi connectivity index (χ4v) is 6.10. The molecule has 2 aromatic carbocycles. The number of carbonyl (C=O) groups excluding carboxylic acids is 1. The molecule has 0 bridgehead atoms. The molecule has 0 saturated carbocycles. The third-order valence-corrected chi connectivity index (χ3v) is 8.50. The summed E-state index contributed by atoms with van der Waals surface area (Å²) in [5.74, 6) is 0.451. The van der Waals surface area contributed by atoms with Crippen LogP contribution < -0.4 is 10.1 Å². The highest BCUT2D eigenvalue weighted by Gasteiger charge is 2.32. The van der Waals surface area contributed by atoms with Crippen molar-refractivity contribution in [2.24, 2.45) is 5.92 Å². The van der Waals surface area contributed by atoms with E-state index in [0.29, 0.717) is 38.2 Å². The van der Waals surface area contributed by atoms with Crippen molar-refractivity contribution in [1.82, 2.24) is 14.5 Å². The molecule has 33 heavy (non-hydrogen) atoms. The Morgan fingerprint density at radius 2 is 1.67 bits per heavy atom. The number of nitrogens with one attached hydrogen (secondary N) is 1. The van der Waals surface area contributed by atoms with E-state index in [4.69, 9.17) is 4.74 Å². The minimum atomic E-state index is -3.56. The van der Waals surface area contributed by atoms with Crippen LogP contribution in [0.2, 0.25) is 0 Å². The zero-order valence-electron chi connectivity index (χ0n) is 19.2. The Morgan fingerprint density at radius 3 is 2.33 bits per heavy atom. The summed E-state index contributed by atoms with van der Waals surface area (Å²) in [5.41, 5.74) is 2.38. The predicted octanol–water partition coefficient (Wildman–Crippen LogP) is 3.01. The van der Waals surface area contributed by atoms with Gasteiger partial charge in [0.1, 0.15) is 5.75 Å². The summed E-state index contributed by atoms with van der Waals surface area (Å²) in [6.07, 6.45) is 3.60. The third-order valence-electron chi connectivity index (χ3n) is 6.58. The number of likely N-dealkylation sites (tertiary alicyclic amines) is 1. The van der Waals surface area contributed by atoms with Gasteiger partial charge in [-0.1, -0.05) is 24.3 Å². The molecule has 4 rings (SSSR count). The van der Waals surface area contributed by atoms with Gasteiger partial charge in [0.25, 0.3) is 0 Å². The van der Waals surface area contributed by atoms with E-state index in [-0.39, 0.29) is 16.7 Å². The molecule has 2 saturated heterocycles. The van der Waals surface area contributed by atoms with E-state index >= 15 is 0 Å². The average Bonchev–Trinajstić information content (AvgIpc) is 3.36. The number of ether oxygens (including phenoxy) is 1. The fourth-order valence-electron chi connectivity index (χ4n) is 4.63. The van der Waals surface area contributed by atoms with E-state index < -0.39 is 10.0 Å². The van der Waals surface area contributed by atoms with Gasteiger partial charge in [-0.2, -0.15) is 4.31 Å². The van der Waals surface area contributed by atoms with Crippen LogP contribution in [0.5, 0.6) is 5.75 Å². The standard InChI is InChI=1S/C25H33N3O4S/c1-32-23-7-9-24(10-8-23)33(30,31)28-15-11-22(12-16-28)25(29)26-18-20-5-4-6-21(17-20)19-27-13-2-3-14-27/h4-10,17,22H,2-3,11-16,18-19H2,1H3,(H,26,29). The number of benzene rings is 2. The molecular formula is C25H33N3O4S. The van der Waals surface area contributed by atoms with Crippen LogP contribution in [0.4, 0.5) is 0 Å². The third kappa shape index (κ3) is 5.93. The predicted molar refractivity (Wildman–Crippen MR) is 127 cm³/mol. The second-order valence-corrected chi connectivity index (χ2v) is 10.8. The topological polar surface area (TPSA) is 79.0 Å². The first-order valence-corrected chi connectivity index (χ1v) is 13.1. The number of amides is 1. The lowest BCUT2D eigenvalue weighted by Gasteiger charge is -2.30. The van der Waals surface area contributed by atoms with Crippen molar-refractivity contribution in [3.63, 3.8) is 0 Å². The van der Waals surface area contributed by atoms with Crippen molar-refractivity contribution in [2.45, 2.75) is 43.7 Å². The van der Waals surface area contributed by atoms with Crippen LogP contribution in [0.15, 0.2) is 53.4 Å². The Hall–Kier alpha value is -2.42. The molecule has 178 valence electrons. The Bertz CT molecular complexity index is 1040. The summed E-state index contributed by atoms with van der Waals surface area (Å²) in [6, 6.07) is 14.8. The van der Waals surface area contributed by atoms with Crippen LogP contribution in [-0.2, 0) is 27.9 Å². The molecule has 0 aromatic heterocycles. The van der Waals surface area contributed by atoms with Gasteiger partial charge in [0.05, 0.1) is 12.0 Å². The maximum absolute atomic E-state index is 12.9. The van der Waals surface area contributed by atoms with E-state index in [1.165, 1.54) is 22.7 Å². The lowest BCUT2D eigenvalue weighted by Crippen LogP contribution is -2.42. The molecule has 0 spiro atoms. The molecule has 8 heteroatoms. The number of nitrogens with zero attached hydrogens (tertiary/aromatic N) is 2. The van der Waals surface area contributed by atoms with Crippen LogP contribution in [0.3, 0.4) is 0 Å². The summed E-state index contributed by atoms with van der Waals surface area (Å²) in [4.78, 5) is 15.4. The Kier molecular flexibility index (Phi) is 7.67. The minimum absolute atomic E-state index is 0.00133. The number of piperidine rings is 1. The zero-order chi connectivity index (χ0) is 23.3. The van der Waals surface area contributed by atoms with Gasteiger partial charge < -0.3 is 10.1 Å². The maximum Gasteiger partial charge on any atom is 0.243 e. The molecule has 2 aliphatic heterocycles. The Balaban J connectivity index is 1.27. The van der Waals surface area contributed by atoms with Crippen LogP contribution in [-0.4, -0.2) is 56.8 Å². The number of rotatable bonds is 8. The van der Waals surface area contributed by atoms with Crippen LogP contribution in [0.25, 0.3) is 0 Å². The molecule has 2 aromatic rings. The number of methoxy groups -OCH3 is 1. The molecule has 7 nitrogen and oxygen atoms in total. The summed E-state index contributed by atoms with van der Waals surface area (Å²) in [6.45, 7) is 4.47. The van der Waals surface area contributed by atoms with Crippen molar-refractivity contribution >= 4 is 15.9 Å². The highest BCUT2D eigenvalue weighted by molar-refractivity contribution is 7.89. The zero-order valence-corrected chi connectivity index (χ0v) is 20.0. The van der Waals surface area contributed by atoms with E-state index in [1.807, 2.05) is 6.07 Å². The molecule has 1 amide bonds. The maximum atomic E-state index is 12.9. The number of hydrogen-bond donors (Lipinski definition) is 1. The molecule has 0 unspecified atom stereocenters. The van der Waals surface area contributed by atoms with Gasteiger partial charge in [0.2, 0.25) is 15.9 Å². The fraction of sp³-hybridized carbons (Fsp3) is 0.480. The van der Waals surface area contributed by atoms with Crippen molar-refractivity contribution < 1.29 is 17.9 Å². The molecule has 0 radical (unpaired) electrons. The summed E-state index contributed by atoms with van der Waals surface area (Å²) >= 11 is 0. The van der Waals surface area contributed by atoms with E-state index in [1.54, 1.807) is 31.4 Å². The SMILES string of the molecule is COc1ccc(S(=O)(=O)N2CCC(C(=O)NCc3cccc(CN4CCCC4)c3)CC2)cc1. The van der Waals surface area contributed by atoms with Gasteiger partial charge in [0, 0.05) is 32.1 Å².